The normalized spacial score (nSPS) is 12.5. The molecule has 0 saturated heterocycles. The number of nitrogen functional groups attached to an aromatic ring is 1. The first-order valence-electron chi connectivity index (χ1n) is 14.3. The number of carbonyl (C=O) groups excluding carboxylic acids is 1. The van der Waals surface area contributed by atoms with Crippen LogP contribution in [0.4, 0.5) is 34.1 Å². The van der Waals surface area contributed by atoms with Crippen molar-refractivity contribution in [2.45, 2.75) is 21.6 Å². The molecule has 0 heterocycles. The van der Waals surface area contributed by atoms with Crippen molar-refractivity contribution in [2.75, 3.05) is 37.5 Å². The molecule has 0 aliphatic rings. The molecule has 0 radical (unpaired) electrons. The van der Waals surface area contributed by atoms with E-state index in [0.717, 1.165) is 31.2 Å². The number of fused-ring (bicyclic) bond motifs is 1. The van der Waals surface area contributed by atoms with Gasteiger partial charge in [-0.25, -0.2) is 0 Å². The average molecular weight is 801 g/mol. The number of nitrogens with two attached hydrogens (primary N) is 1. The molecule has 4 aromatic rings. The number of nitrogens with one attached hydrogen (secondary N) is 1. The zero-order chi connectivity index (χ0) is 39.5. The number of phenols is 2. The van der Waals surface area contributed by atoms with Gasteiger partial charge in [0.1, 0.15) is 62.1 Å². The zero-order valence-corrected chi connectivity index (χ0v) is 29.2. The third-order valence-electron chi connectivity index (χ3n) is 6.67. The largest absolute Gasteiger partial charge is 0.505 e. The molecule has 22 nitrogen and oxygen atoms in total. The summed E-state index contributed by atoms with van der Waals surface area (Å²) in [5.41, 5.74) is 2.66. The summed E-state index contributed by atoms with van der Waals surface area (Å²) < 4.78 is 114. The minimum Gasteiger partial charge on any atom is -0.505 e. The summed E-state index contributed by atoms with van der Waals surface area (Å²) in [7, 11) is -15.8. The van der Waals surface area contributed by atoms with Gasteiger partial charge in [0.2, 0.25) is 5.91 Å². The highest BCUT2D eigenvalue weighted by atomic mass is 32.2. The lowest BCUT2D eigenvalue weighted by atomic mass is 10.1. The van der Waals surface area contributed by atoms with Crippen molar-refractivity contribution in [1.82, 2.24) is 0 Å². The summed E-state index contributed by atoms with van der Waals surface area (Å²) in [6.07, 6.45) is 0. The highest BCUT2D eigenvalue weighted by Gasteiger charge is 2.29. The first-order chi connectivity index (χ1) is 24.7. The second-order valence-corrected chi connectivity index (χ2v) is 14.6. The van der Waals surface area contributed by atoms with Crippen LogP contribution in [0.25, 0.3) is 10.8 Å². The number of nitrogens with zero attached hydrogens (tertiary/aromatic N) is 4. The second-order valence-electron chi connectivity index (χ2n) is 10.4. The molecule has 0 aliphatic carbocycles. The number of hydrogen-bond donors (Lipinski definition) is 9. The molecule has 53 heavy (non-hydrogen) atoms. The molecule has 4 rings (SSSR count). The molecule has 25 heteroatoms. The van der Waals surface area contributed by atoms with Gasteiger partial charge in [0.25, 0.3) is 30.4 Å². The van der Waals surface area contributed by atoms with Crippen LogP contribution in [-0.2, 0) is 35.1 Å². The molecule has 0 unspecified atom stereocenters. The molecular formula is C28H28N6O16S3. The van der Waals surface area contributed by atoms with E-state index in [1.165, 1.54) is 6.07 Å². The van der Waals surface area contributed by atoms with Crippen molar-refractivity contribution >= 4 is 81.2 Å². The van der Waals surface area contributed by atoms with Crippen molar-refractivity contribution in [1.29, 1.82) is 0 Å². The Balaban J connectivity index is 2.01. The molecule has 0 saturated carbocycles. The van der Waals surface area contributed by atoms with Gasteiger partial charge >= 0.3 is 0 Å². The van der Waals surface area contributed by atoms with Crippen LogP contribution in [0.5, 0.6) is 23.0 Å². The number of azo groups is 2. The number of anilines is 2. The van der Waals surface area contributed by atoms with Crippen LogP contribution in [0.2, 0.25) is 0 Å². The van der Waals surface area contributed by atoms with Gasteiger partial charge in [-0.2, -0.15) is 25.3 Å². The SMILES string of the molecule is CC(=O)Nc1ccc(N=Nc2c(S(=O)(=O)O)cc3cc(S(=O)(=O)O)c(N=Nc4cc(OCCO)c(N)cc4OCCO)c(O)c3c2O)c(S(=O)(=O)O)c1. The number of amides is 1. The monoisotopic (exact) mass is 800 g/mol. The topological polar surface area (TPSA) is 367 Å². The van der Waals surface area contributed by atoms with E-state index < -0.39 is 103 Å². The van der Waals surface area contributed by atoms with E-state index in [-0.39, 0.29) is 41.8 Å². The van der Waals surface area contributed by atoms with E-state index in [9.17, 15) is 59.0 Å². The quantitative estimate of drug-likeness (QED) is 0.0502. The molecule has 4 aromatic carbocycles. The van der Waals surface area contributed by atoms with Gasteiger partial charge in [-0.05, 0) is 35.7 Å². The van der Waals surface area contributed by atoms with Gasteiger partial charge in [-0.15, -0.1) is 20.5 Å². The summed E-state index contributed by atoms with van der Waals surface area (Å²) in [6, 6.07) is 6.20. The van der Waals surface area contributed by atoms with Crippen LogP contribution in [0, 0.1) is 0 Å². The molecule has 284 valence electrons. The smallest absolute Gasteiger partial charge is 0.296 e. The predicted octanol–water partition coefficient (Wildman–Crippen LogP) is 3.10. The Morgan fingerprint density at radius 2 is 1.19 bits per heavy atom. The Morgan fingerprint density at radius 1 is 0.698 bits per heavy atom. The maximum absolute atomic E-state index is 12.4. The molecule has 10 N–H and O–H groups in total. The van der Waals surface area contributed by atoms with Crippen molar-refractivity contribution in [3.05, 3.63) is 42.5 Å². The number of benzene rings is 4. The van der Waals surface area contributed by atoms with E-state index >= 15 is 0 Å². The average Bonchev–Trinajstić information content (AvgIpc) is 3.04. The van der Waals surface area contributed by atoms with Crippen molar-refractivity contribution in [2.24, 2.45) is 20.5 Å². The molecule has 0 fully saturated rings. The Morgan fingerprint density at radius 3 is 1.66 bits per heavy atom. The van der Waals surface area contributed by atoms with Crippen LogP contribution in [0.1, 0.15) is 6.92 Å². The van der Waals surface area contributed by atoms with Gasteiger partial charge in [-0.1, -0.05) is 0 Å². The van der Waals surface area contributed by atoms with Crippen LogP contribution in [0.3, 0.4) is 0 Å². The fourth-order valence-electron chi connectivity index (χ4n) is 4.53. The van der Waals surface area contributed by atoms with Crippen molar-refractivity contribution in [3.63, 3.8) is 0 Å². The highest BCUT2D eigenvalue weighted by molar-refractivity contribution is 7.86. The Kier molecular flexibility index (Phi) is 11.8. The minimum absolute atomic E-state index is 0.0221. The second kappa shape index (κ2) is 15.6. The van der Waals surface area contributed by atoms with Crippen molar-refractivity contribution in [3.8, 4) is 23.0 Å². The molecule has 0 aliphatic heterocycles. The molecule has 0 atom stereocenters. The number of carbonyl (C=O) groups is 1. The standard InChI is InChI=1S/C28H28N6O16S3/c1-13(37)30-15-2-3-17(21(10-15)51(40,41)42)31-33-25-22(52(43,44)45)8-14-9-23(53(46,47)48)26(28(39)24(14)27(25)38)34-32-18-12-19(49-6-4-35)16(29)11-20(18)50-7-5-36/h2-3,8-12,35-36,38-39H,4-7,29H2,1H3,(H,30,37)(H,40,41,42)(H,43,44,45)(H,46,47,48). The molecule has 1 amide bonds. The van der Waals surface area contributed by atoms with Crippen LogP contribution < -0.4 is 20.5 Å². The minimum atomic E-state index is -5.39. The van der Waals surface area contributed by atoms with E-state index in [2.05, 4.69) is 25.8 Å². The first kappa shape index (κ1) is 40.2. The maximum Gasteiger partial charge on any atom is 0.296 e. The molecule has 0 spiro atoms. The fraction of sp³-hybridized carbons (Fsp3) is 0.179. The number of rotatable bonds is 14. The number of hydrogen-bond acceptors (Lipinski definition) is 18. The van der Waals surface area contributed by atoms with E-state index in [1.807, 2.05) is 0 Å². The Bertz CT molecular complexity index is 2510. The van der Waals surface area contributed by atoms with E-state index in [4.69, 9.17) is 20.3 Å². The summed E-state index contributed by atoms with van der Waals surface area (Å²) >= 11 is 0. The van der Waals surface area contributed by atoms with E-state index in [1.54, 1.807) is 0 Å². The molecule has 0 bridgehead atoms. The van der Waals surface area contributed by atoms with Gasteiger partial charge in [0, 0.05) is 24.7 Å². The molecule has 0 aromatic heterocycles. The van der Waals surface area contributed by atoms with E-state index in [0.29, 0.717) is 12.1 Å². The Hall–Kier alpha value is -5.54. The summed E-state index contributed by atoms with van der Waals surface area (Å²) in [5, 5.41) is 56.3. The summed E-state index contributed by atoms with van der Waals surface area (Å²) in [6.45, 7) is -0.293. The third-order valence-corrected chi connectivity index (χ3v) is 9.29. The predicted molar refractivity (Wildman–Crippen MR) is 182 cm³/mol. The van der Waals surface area contributed by atoms with Crippen LogP contribution >= 0.6 is 0 Å². The summed E-state index contributed by atoms with van der Waals surface area (Å²) in [4.78, 5) is 8.02. The lowest BCUT2D eigenvalue weighted by Crippen LogP contribution is -2.07. The van der Waals surface area contributed by atoms with Crippen LogP contribution in [-0.4, -0.2) is 91.7 Å². The lowest BCUT2D eigenvalue weighted by molar-refractivity contribution is -0.114. The van der Waals surface area contributed by atoms with Gasteiger partial charge < -0.3 is 41.0 Å². The number of aliphatic hydroxyl groups excluding tert-OH is 2. The van der Waals surface area contributed by atoms with Gasteiger partial charge in [0.15, 0.2) is 11.5 Å². The molecular weight excluding hydrogens is 773 g/mol. The van der Waals surface area contributed by atoms with Crippen LogP contribution in [0.15, 0.2) is 77.6 Å². The van der Waals surface area contributed by atoms with Gasteiger partial charge in [-0.3, -0.25) is 18.5 Å². The summed E-state index contributed by atoms with van der Waals surface area (Å²) in [5.74, 6) is -3.40. The van der Waals surface area contributed by atoms with Crippen molar-refractivity contribution < 1.29 is 73.6 Å². The zero-order valence-electron chi connectivity index (χ0n) is 26.8. The third kappa shape index (κ3) is 9.28. The number of aromatic hydroxyl groups is 2. The first-order valence-corrected chi connectivity index (χ1v) is 18.6. The lowest BCUT2D eigenvalue weighted by Gasteiger charge is -2.14. The maximum atomic E-state index is 12.4. The van der Waals surface area contributed by atoms with Gasteiger partial charge in [0.05, 0.1) is 24.3 Å². The number of ether oxygens (including phenoxy) is 2. The fourth-order valence-corrected chi connectivity index (χ4v) is 6.50. The number of phenolic OH excluding ortho intramolecular Hbond substituents is 2. The number of aliphatic hydroxyl groups is 2. The Labute approximate surface area is 299 Å². The highest BCUT2D eigenvalue weighted by Crippen LogP contribution is 2.50.